The summed E-state index contributed by atoms with van der Waals surface area (Å²) in [6.07, 6.45) is 16.0. The van der Waals surface area contributed by atoms with Crippen LogP contribution in [0.15, 0.2) is 41.3 Å². The smallest absolute Gasteiger partial charge is 0.312 e. The summed E-state index contributed by atoms with van der Waals surface area (Å²) in [6, 6.07) is 0. The molecule has 15 heteroatoms. The SMILES string of the molecule is CCCCCCCCCCCCO/N=C/c1c2c(O)c3c(O)c(C)c4c(c3c1O)C(=O)[C@@](C)(O/C=C/[C@H](OC)[C@@H](C)[C@@H](OC(C)=O)[C@H](C)[C@H](O)[C@H](C)[C@@H](O)[C@@H](C)/C=C/C=C(\C)C(=O)N2)O4. The van der Waals surface area contributed by atoms with Crippen LogP contribution in [0, 0.1) is 30.6 Å². The second-order valence-corrected chi connectivity index (χ2v) is 17.9. The van der Waals surface area contributed by atoms with Crippen LogP contribution in [-0.2, 0) is 28.6 Å². The van der Waals surface area contributed by atoms with E-state index in [1.54, 1.807) is 39.8 Å². The van der Waals surface area contributed by atoms with Crippen molar-refractivity contribution in [1.82, 2.24) is 0 Å². The van der Waals surface area contributed by atoms with Crippen molar-refractivity contribution in [3.63, 3.8) is 0 Å². The number of methoxy groups -OCH3 is 1. The first-order chi connectivity index (χ1) is 30.8. The summed E-state index contributed by atoms with van der Waals surface area (Å²) in [5.74, 6) is -8.53. The van der Waals surface area contributed by atoms with Crippen molar-refractivity contribution in [3.05, 3.63) is 52.8 Å². The number of nitrogens with zero attached hydrogens (tertiary/aromatic N) is 1. The first-order valence-electron chi connectivity index (χ1n) is 23.1. The number of rotatable bonds is 15. The van der Waals surface area contributed by atoms with Gasteiger partial charge in [0.25, 0.3) is 11.7 Å². The van der Waals surface area contributed by atoms with Crippen molar-refractivity contribution >= 4 is 40.3 Å². The van der Waals surface area contributed by atoms with Crippen molar-refractivity contribution < 1.29 is 63.7 Å². The molecular formula is C50H72N2O13. The minimum Gasteiger partial charge on any atom is -0.507 e. The zero-order valence-electron chi connectivity index (χ0n) is 39.8. The fourth-order valence-electron chi connectivity index (χ4n) is 8.67. The number of oxime groups is 1. The van der Waals surface area contributed by atoms with Crippen molar-refractivity contribution in [2.45, 2.75) is 157 Å². The Bertz CT molecular complexity index is 2110. The van der Waals surface area contributed by atoms with Gasteiger partial charge in [-0.3, -0.25) is 14.4 Å². The van der Waals surface area contributed by atoms with Crippen LogP contribution in [0.5, 0.6) is 23.0 Å². The number of nitrogens with one attached hydrogen (secondary N) is 1. The molecule has 0 aromatic heterocycles. The van der Waals surface area contributed by atoms with Gasteiger partial charge in [0, 0.05) is 61.2 Å². The van der Waals surface area contributed by atoms with Crippen LogP contribution in [0.3, 0.4) is 0 Å². The molecule has 5 rings (SSSR count). The van der Waals surface area contributed by atoms with Crippen molar-refractivity contribution in [3.8, 4) is 23.0 Å². The Balaban J connectivity index is 1.80. The lowest BCUT2D eigenvalue weighted by Crippen LogP contribution is -2.46. The highest BCUT2D eigenvalue weighted by Gasteiger charge is 2.50. The summed E-state index contributed by atoms with van der Waals surface area (Å²) >= 11 is 0. The van der Waals surface area contributed by atoms with Crippen LogP contribution in [0.25, 0.3) is 10.8 Å². The maximum atomic E-state index is 14.5. The number of anilines is 1. The number of carbonyl (C=O) groups is 3. The van der Waals surface area contributed by atoms with Crippen LogP contribution < -0.4 is 10.1 Å². The molecule has 0 saturated heterocycles. The number of hydrogen-bond donors (Lipinski definition) is 6. The van der Waals surface area contributed by atoms with E-state index in [4.69, 9.17) is 23.8 Å². The number of aliphatic hydroxyl groups excluding tert-OH is 2. The summed E-state index contributed by atoms with van der Waals surface area (Å²) in [5, 5.41) is 64.6. The molecule has 3 aliphatic rings. The zero-order chi connectivity index (χ0) is 48.2. The van der Waals surface area contributed by atoms with Crippen molar-refractivity contribution in [2.75, 3.05) is 19.0 Å². The molecule has 360 valence electrons. The average Bonchev–Trinajstić information content (AvgIpc) is 3.54. The fourth-order valence-corrected chi connectivity index (χ4v) is 8.67. The minimum absolute atomic E-state index is 0.0443. The van der Waals surface area contributed by atoms with Gasteiger partial charge in [0.2, 0.25) is 0 Å². The molecule has 0 spiro atoms. The first kappa shape index (κ1) is 52.5. The third-order valence-corrected chi connectivity index (χ3v) is 12.9. The molecule has 2 aromatic carbocycles. The van der Waals surface area contributed by atoms with E-state index in [9.17, 15) is 39.9 Å². The van der Waals surface area contributed by atoms with E-state index in [1.165, 1.54) is 91.7 Å². The standard InChI is InChI=1S/C50H72N2O13/c1-11-12-13-14-15-16-17-18-19-20-25-63-51-27-35-40-45(58)38-37(44(35)57)39-47(33(7)43(38)56)65-50(9,48(39)59)62-26-24-36(61-10)30(4)46(64-34(8)53)32(6)42(55)31(5)41(54)28(2)22-21-23-29(3)49(60)52-40/h21-24,26-28,30-32,36,41-42,46,54-58H,11-20,25H2,1-10H3,(H,52,60)/b22-21+,26-24+,29-23+,51-27+/t28-,30+,31+,32+,36-,41-,42+,46+,50-/m0/s1. The summed E-state index contributed by atoms with van der Waals surface area (Å²) in [7, 11) is 1.44. The van der Waals surface area contributed by atoms with Crippen LogP contribution in [-0.4, -0.2) is 93.3 Å². The van der Waals surface area contributed by atoms with E-state index in [1.807, 2.05) is 0 Å². The number of amides is 1. The molecule has 1 amide bonds. The van der Waals surface area contributed by atoms with E-state index in [0.717, 1.165) is 31.9 Å². The number of phenolic OH excluding ortho intramolecular Hbond substituents is 3. The Kier molecular flexibility index (Phi) is 19.3. The van der Waals surface area contributed by atoms with Crippen LogP contribution in [0.1, 0.15) is 141 Å². The number of phenols is 3. The molecule has 0 fully saturated rings. The van der Waals surface area contributed by atoms with E-state index in [-0.39, 0.29) is 51.1 Å². The van der Waals surface area contributed by atoms with Gasteiger partial charge in [-0.05, 0) is 32.8 Å². The molecule has 15 nitrogen and oxygen atoms in total. The van der Waals surface area contributed by atoms with E-state index in [0.29, 0.717) is 0 Å². The van der Waals surface area contributed by atoms with Gasteiger partial charge in [-0.15, -0.1) is 0 Å². The van der Waals surface area contributed by atoms with Crippen molar-refractivity contribution in [2.24, 2.45) is 28.8 Å². The number of ether oxygens (including phenoxy) is 4. The number of hydrogen-bond acceptors (Lipinski definition) is 14. The fraction of sp³-hybridized carbons (Fsp3) is 0.600. The van der Waals surface area contributed by atoms with Gasteiger partial charge in [0.1, 0.15) is 30.0 Å². The average molecular weight is 909 g/mol. The summed E-state index contributed by atoms with van der Waals surface area (Å²) in [4.78, 5) is 46.2. The Labute approximate surface area is 383 Å². The molecule has 0 saturated carbocycles. The molecule has 65 heavy (non-hydrogen) atoms. The summed E-state index contributed by atoms with van der Waals surface area (Å²) in [6.45, 7) is 15.0. The monoisotopic (exact) mass is 909 g/mol. The normalized spacial score (nSPS) is 28.4. The minimum atomic E-state index is -2.06. The van der Waals surface area contributed by atoms with Crippen LogP contribution >= 0.6 is 0 Å². The second kappa shape index (κ2) is 23.9. The van der Waals surface area contributed by atoms with Gasteiger partial charge in [0.05, 0.1) is 53.0 Å². The predicted molar refractivity (Wildman–Crippen MR) is 249 cm³/mol. The molecule has 0 aliphatic carbocycles. The maximum absolute atomic E-state index is 14.5. The van der Waals surface area contributed by atoms with Gasteiger partial charge >= 0.3 is 11.8 Å². The summed E-state index contributed by atoms with van der Waals surface area (Å²) in [5.41, 5.74) is -0.526. The topological polar surface area (TPSA) is 223 Å². The number of aliphatic hydroxyl groups is 2. The third kappa shape index (κ3) is 12.4. The largest absolute Gasteiger partial charge is 0.507 e. The number of ketones is 1. The van der Waals surface area contributed by atoms with E-state index in [2.05, 4.69) is 17.4 Å². The number of esters is 1. The zero-order valence-corrected chi connectivity index (χ0v) is 39.8. The number of aromatic hydroxyl groups is 3. The Hall–Kier alpha value is -5.12. The number of benzene rings is 2. The molecule has 6 N–H and O–H groups in total. The molecule has 9 atom stereocenters. The van der Waals surface area contributed by atoms with Crippen LogP contribution in [0.4, 0.5) is 5.69 Å². The quantitative estimate of drug-likeness (QED) is 0.0245. The molecule has 3 aliphatic heterocycles. The van der Waals surface area contributed by atoms with Gasteiger partial charge in [-0.25, -0.2) is 0 Å². The second-order valence-electron chi connectivity index (χ2n) is 17.9. The molecule has 2 aromatic rings. The van der Waals surface area contributed by atoms with Gasteiger partial charge < -0.3 is 54.6 Å². The Morgan fingerprint density at radius 1 is 0.862 bits per heavy atom. The highest BCUT2D eigenvalue weighted by molar-refractivity contribution is 6.23. The van der Waals surface area contributed by atoms with E-state index >= 15 is 0 Å². The lowest BCUT2D eigenvalue weighted by molar-refractivity contribution is -0.160. The number of Topliss-reactive ketones (excluding diaryl/α,β-unsaturated/α-hetero) is 1. The molecular weight excluding hydrogens is 837 g/mol. The number of allylic oxidation sites excluding steroid dienone is 2. The van der Waals surface area contributed by atoms with Gasteiger partial charge in [0.15, 0.2) is 5.75 Å². The van der Waals surface area contributed by atoms with Crippen LogP contribution in [0.2, 0.25) is 0 Å². The van der Waals surface area contributed by atoms with Gasteiger partial charge in [-0.2, -0.15) is 0 Å². The lowest BCUT2D eigenvalue weighted by Gasteiger charge is -2.38. The molecule has 5 bridgehead atoms. The van der Waals surface area contributed by atoms with E-state index < -0.39 is 88.8 Å². The highest BCUT2D eigenvalue weighted by Crippen LogP contribution is 2.55. The third-order valence-electron chi connectivity index (χ3n) is 12.9. The number of unbranched alkanes of at least 4 members (excludes halogenated alkanes) is 9. The first-order valence-corrected chi connectivity index (χ1v) is 23.1. The Morgan fingerprint density at radius 2 is 1.49 bits per heavy atom. The maximum Gasteiger partial charge on any atom is 0.312 e. The van der Waals surface area contributed by atoms with Gasteiger partial charge in [-0.1, -0.05) is 109 Å². The molecule has 3 heterocycles. The molecule has 0 radical (unpaired) electrons. The van der Waals surface area contributed by atoms with Crippen molar-refractivity contribution in [1.29, 1.82) is 0 Å². The molecule has 0 unspecified atom stereocenters. The lowest BCUT2D eigenvalue weighted by atomic mass is 9.78. The number of fused-ring (bicyclic) bond motifs is 14. The highest BCUT2D eigenvalue weighted by atomic mass is 16.7. The predicted octanol–water partition coefficient (Wildman–Crippen LogP) is 9.03. The summed E-state index contributed by atoms with van der Waals surface area (Å²) < 4.78 is 23.6. The Morgan fingerprint density at radius 3 is 2.11 bits per heavy atom. The number of carbonyl (C=O) groups excluding carboxylic acids is 3.